The fraction of sp³-hybridized carbons (Fsp3) is 0.400. The summed E-state index contributed by atoms with van der Waals surface area (Å²) in [6.45, 7) is 4.88. The molecule has 0 fully saturated rings. The van der Waals surface area contributed by atoms with Crippen LogP contribution < -0.4 is 5.32 Å². The molecule has 2 aromatic heterocycles. The average molecular weight is 267 g/mol. The Kier molecular flexibility index (Phi) is 4.27. The van der Waals surface area contributed by atoms with Crippen molar-refractivity contribution in [3.05, 3.63) is 23.9 Å². The van der Waals surface area contributed by atoms with Gasteiger partial charge >= 0.3 is 0 Å². The van der Waals surface area contributed by atoms with Crippen molar-refractivity contribution < 1.29 is 0 Å². The standard InChI is InChI=1S/C10H13N5S2/c1-3-11-8-4-7(2)14-9(15-8)5-16-10-12-6-13-17-10/h4,6H,3,5H2,1-2H3,(H,11,14,15). The average Bonchev–Trinajstić information content (AvgIpc) is 2.79. The summed E-state index contributed by atoms with van der Waals surface area (Å²) in [6.07, 6.45) is 1.56. The third kappa shape index (κ3) is 3.64. The zero-order valence-electron chi connectivity index (χ0n) is 9.67. The zero-order chi connectivity index (χ0) is 12.1. The Hall–Kier alpha value is -1.21. The van der Waals surface area contributed by atoms with Gasteiger partial charge in [0.2, 0.25) is 0 Å². The molecule has 0 spiro atoms. The van der Waals surface area contributed by atoms with Gasteiger partial charge in [-0.1, -0.05) is 11.8 Å². The second kappa shape index (κ2) is 5.92. The molecule has 2 aromatic rings. The number of aromatic nitrogens is 4. The first-order chi connectivity index (χ1) is 8.28. The van der Waals surface area contributed by atoms with Gasteiger partial charge in [-0.3, -0.25) is 0 Å². The minimum Gasteiger partial charge on any atom is -0.370 e. The monoisotopic (exact) mass is 267 g/mol. The lowest BCUT2D eigenvalue weighted by atomic mass is 10.4. The fourth-order valence-corrected chi connectivity index (χ4v) is 2.62. The maximum atomic E-state index is 4.44. The minimum atomic E-state index is 0.718. The Balaban J connectivity index is 2.04. The van der Waals surface area contributed by atoms with Gasteiger partial charge in [0.15, 0.2) is 4.34 Å². The van der Waals surface area contributed by atoms with Gasteiger partial charge in [0.1, 0.15) is 18.0 Å². The van der Waals surface area contributed by atoms with Gasteiger partial charge in [0.25, 0.3) is 0 Å². The van der Waals surface area contributed by atoms with Gasteiger partial charge in [0.05, 0.1) is 5.75 Å². The van der Waals surface area contributed by atoms with Crippen molar-refractivity contribution in [3.8, 4) is 0 Å². The molecule has 90 valence electrons. The summed E-state index contributed by atoms with van der Waals surface area (Å²) in [5, 5.41) is 3.20. The van der Waals surface area contributed by atoms with Crippen LogP contribution in [-0.4, -0.2) is 25.9 Å². The van der Waals surface area contributed by atoms with E-state index in [4.69, 9.17) is 0 Å². The van der Waals surface area contributed by atoms with Crippen LogP contribution in [-0.2, 0) is 5.75 Å². The smallest absolute Gasteiger partial charge is 0.170 e. The lowest BCUT2D eigenvalue weighted by molar-refractivity contribution is 0.985. The lowest BCUT2D eigenvalue weighted by Gasteiger charge is -2.05. The molecule has 5 nitrogen and oxygen atoms in total. The highest BCUT2D eigenvalue weighted by Gasteiger charge is 2.04. The lowest BCUT2D eigenvalue weighted by Crippen LogP contribution is -2.04. The van der Waals surface area contributed by atoms with Crippen LogP contribution in [0.3, 0.4) is 0 Å². The fourth-order valence-electron chi connectivity index (χ4n) is 1.32. The molecular weight excluding hydrogens is 254 g/mol. The summed E-state index contributed by atoms with van der Waals surface area (Å²) in [7, 11) is 0. The van der Waals surface area contributed by atoms with E-state index in [-0.39, 0.29) is 0 Å². The van der Waals surface area contributed by atoms with Gasteiger partial charge in [-0.15, -0.1) is 0 Å². The minimum absolute atomic E-state index is 0.718. The topological polar surface area (TPSA) is 63.6 Å². The Morgan fingerprint density at radius 3 is 3.00 bits per heavy atom. The summed E-state index contributed by atoms with van der Waals surface area (Å²) in [6, 6.07) is 1.95. The molecule has 1 N–H and O–H groups in total. The molecule has 17 heavy (non-hydrogen) atoms. The van der Waals surface area contributed by atoms with E-state index >= 15 is 0 Å². The predicted octanol–water partition coefficient (Wildman–Crippen LogP) is 2.36. The predicted molar refractivity (Wildman–Crippen MR) is 70.4 cm³/mol. The van der Waals surface area contributed by atoms with E-state index in [0.717, 1.165) is 34.0 Å². The number of hydrogen-bond donors (Lipinski definition) is 1. The molecule has 0 aliphatic heterocycles. The Morgan fingerprint density at radius 1 is 1.41 bits per heavy atom. The van der Waals surface area contributed by atoms with Crippen LogP contribution in [0, 0.1) is 6.92 Å². The zero-order valence-corrected chi connectivity index (χ0v) is 11.3. The van der Waals surface area contributed by atoms with Crippen molar-refractivity contribution in [1.82, 2.24) is 19.3 Å². The number of anilines is 1. The Morgan fingerprint density at radius 2 is 2.29 bits per heavy atom. The highest BCUT2D eigenvalue weighted by Crippen LogP contribution is 2.22. The maximum Gasteiger partial charge on any atom is 0.170 e. The number of thioether (sulfide) groups is 1. The van der Waals surface area contributed by atoms with Gasteiger partial charge < -0.3 is 5.32 Å². The van der Waals surface area contributed by atoms with Gasteiger partial charge in [-0.2, -0.15) is 4.37 Å². The molecular formula is C10H13N5S2. The van der Waals surface area contributed by atoms with Crippen LogP contribution in [0.1, 0.15) is 18.4 Å². The van der Waals surface area contributed by atoms with Crippen molar-refractivity contribution in [2.45, 2.75) is 23.9 Å². The van der Waals surface area contributed by atoms with E-state index in [1.165, 1.54) is 11.5 Å². The van der Waals surface area contributed by atoms with Crippen molar-refractivity contribution in [2.24, 2.45) is 0 Å². The van der Waals surface area contributed by atoms with E-state index in [1.54, 1.807) is 18.1 Å². The summed E-state index contributed by atoms with van der Waals surface area (Å²) in [5.41, 5.74) is 0.976. The molecule has 2 heterocycles. The van der Waals surface area contributed by atoms with E-state index in [1.807, 2.05) is 19.9 Å². The normalized spacial score (nSPS) is 10.5. The van der Waals surface area contributed by atoms with Gasteiger partial charge in [-0.05, 0) is 25.4 Å². The first-order valence-corrected chi connectivity index (χ1v) is 7.01. The van der Waals surface area contributed by atoms with Crippen LogP contribution in [0.15, 0.2) is 16.7 Å². The quantitative estimate of drug-likeness (QED) is 0.839. The third-order valence-electron chi connectivity index (χ3n) is 1.92. The Bertz CT molecular complexity index is 472. The molecule has 0 aliphatic carbocycles. The van der Waals surface area contributed by atoms with E-state index in [9.17, 15) is 0 Å². The number of rotatable bonds is 5. The van der Waals surface area contributed by atoms with E-state index in [0.29, 0.717) is 0 Å². The number of nitrogens with zero attached hydrogens (tertiary/aromatic N) is 4. The van der Waals surface area contributed by atoms with E-state index < -0.39 is 0 Å². The van der Waals surface area contributed by atoms with Crippen LogP contribution in [0.4, 0.5) is 5.82 Å². The van der Waals surface area contributed by atoms with Gasteiger partial charge in [0, 0.05) is 18.3 Å². The molecule has 0 atom stereocenters. The van der Waals surface area contributed by atoms with Crippen LogP contribution in [0.25, 0.3) is 0 Å². The second-order valence-electron chi connectivity index (χ2n) is 3.34. The number of hydrogen-bond acceptors (Lipinski definition) is 7. The maximum absolute atomic E-state index is 4.44. The second-order valence-corrected chi connectivity index (χ2v) is 5.34. The SMILES string of the molecule is CCNc1cc(C)nc(CSc2ncns2)n1. The van der Waals surface area contributed by atoms with Crippen LogP contribution in [0.2, 0.25) is 0 Å². The molecule has 0 aromatic carbocycles. The highest BCUT2D eigenvalue weighted by molar-refractivity contribution is 8.00. The first-order valence-electron chi connectivity index (χ1n) is 5.26. The molecule has 2 rings (SSSR count). The van der Waals surface area contributed by atoms with Crippen molar-refractivity contribution in [2.75, 3.05) is 11.9 Å². The van der Waals surface area contributed by atoms with Crippen molar-refractivity contribution in [1.29, 1.82) is 0 Å². The third-order valence-corrected chi connectivity index (χ3v) is 3.72. The molecule has 0 amide bonds. The summed E-state index contributed by atoms with van der Waals surface area (Å²) >= 11 is 3.00. The van der Waals surface area contributed by atoms with Crippen LogP contribution in [0.5, 0.6) is 0 Å². The Labute approximate surface area is 108 Å². The van der Waals surface area contributed by atoms with Crippen molar-refractivity contribution >= 4 is 29.1 Å². The molecule has 0 saturated carbocycles. The molecule has 0 saturated heterocycles. The summed E-state index contributed by atoms with van der Waals surface area (Å²) in [4.78, 5) is 12.9. The molecule has 0 unspecified atom stereocenters. The van der Waals surface area contributed by atoms with Crippen LogP contribution >= 0.6 is 23.3 Å². The van der Waals surface area contributed by atoms with Crippen molar-refractivity contribution in [3.63, 3.8) is 0 Å². The highest BCUT2D eigenvalue weighted by atomic mass is 32.2. The first kappa shape index (κ1) is 12.3. The van der Waals surface area contributed by atoms with Gasteiger partial charge in [-0.25, -0.2) is 15.0 Å². The molecule has 0 radical (unpaired) electrons. The number of nitrogens with one attached hydrogen (secondary N) is 1. The summed E-state index contributed by atoms with van der Waals surface area (Å²) < 4.78 is 4.90. The largest absolute Gasteiger partial charge is 0.370 e. The summed E-state index contributed by atoms with van der Waals surface area (Å²) in [5.74, 6) is 2.42. The number of aryl methyl sites for hydroxylation is 1. The molecule has 0 bridgehead atoms. The molecule has 7 heteroatoms. The molecule has 0 aliphatic rings. The van der Waals surface area contributed by atoms with E-state index in [2.05, 4.69) is 24.6 Å².